The number of hydrogen-bond donors (Lipinski definition) is 2. The van der Waals surface area contributed by atoms with Gasteiger partial charge in [-0.3, -0.25) is 9.69 Å². The van der Waals surface area contributed by atoms with Crippen LogP contribution >= 0.6 is 0 Å². The smallest absolute Gasteiger partial charge is 0.220 e. The van der Waals surface area contributed by atoms with Gasteiger partial charge in [0.25, 0.3) is 0 Å². The van der Waals surface area contributed by atoms with Crippen LogP contribution in [-0.2, 0) is 4.79 Å². The molecule has 142 valence electrons. The second kappa shape index (κ2) is 8.10. The quantitative estimate of drug-likeness (QED) is 0.852. The summed E-state index contributed by atoms with van der Waals surface area (Å²) in [6.45, 7) is 4.43. The normalized spacial score (nSPS) is 30.9. The Bertz CT molecular complexity index is 585. The van der Waals surface area contributed by atoms with Gasteiger partial charge in [0, 0.05) is 43.7 Å². The number of carbonyl (C=O) groups excluding carboxylic acids is 1. The second-order valence-electron chi connectivity index (χ2n) is 8.64. The Labute approximate surface area is 157 Å². The number of rotatable bonds is 5. The van der Waals surface area contributed by atoms with Crippen molar-refractivity contribution in [3.8, 4) is 0 Å². The number of hydrogen-bond acceptors (Lipinski definition) is 3. The fourth-order valence-electron chi connectivity index (χ4n) is 5.26. The molecule has 3 heterocycles. The summed E-state index contributed by atoms with van der Waals surface area (Å²) in [5.74, 6) is 0.873. The maximum atomic E-state index is 12.5. The van der Waals surface area contributed by atoms with Crippen molar-refractivity contribution < 1.29 is 4.79 Å². The summed E-state index contributed by atoms with van der Waals surface area (Å²) in [7, 11) is 0. The average molecular weight is 356 g/mol. The van der Waals surface area contributed by atoms with E-state index in [1.807, 2.05) is 0 Å². The van der Waals surface area contributed by atoms with Crippen molar-refractivity contribution >= 4 is 5.91 Å². The first-order valence-corrected chi connectivity index (χ1v) is 10.5. The van der Waals surface area contributed by atoms with Crippen LogP contribution in [0.25, 0.3) is 0 Å². The third-order valence-electron chi connectivity index (χ3n) is 6.77. The number of fused-ring (bicyclic) bond motifs is 2. The molecule has 0 aromatic heterocycles. The molecule has 26 heavy (non-hydrogen) atoms. The maximum absolute atomic E-state index is 12.5. The topological polar surface area (TPSA) is 44.4 Å². The highest BCUT2D eigenvalue weighted by atomic mass is 16.1. The van der Waals surface area contributed by atoms with Crippen LogP contribution in [0.1, 0.15) is 63.5 Å². The van der Waals surface area contributed by atoms with Crippen LogP contribution in [0.5, 0.6) is 0 Å². The fraction of sp³-hybridized carbons (Fsp3) is 0.682. The average Bonchev–Trinajstić information content (AvgIpc) is 3.00. The highest BCUT2D eigenvalue weighted by Crippen LogP contribution is 2.32. The highest BCUT2D eigenvalue weighted by Gasteiger charge is 2.34. The van der Waals surface area contributed by atoms with Crippen molar-refractivity contribution in [2.24, 2.45) is 5.92 Å². The molecule has 4 heteroatoms. The number of nitrogens with zero attached hydrogens (tertiary/aromatic N) is 1. The SMILES string of the molecule is CC(c1ccccc1)N1CCC(NC(=O)CC2CC3CCC(C2)N3)CC1. The maximum Gasteiger partial charge on any atom is 0.220 e. The number of nitrogens with one attached hydrogen (secondary N) is 2. The Balaban J connectivity index is 1.20. The van der Waals surface area contributed by atoms with Gasteiger partial charge in [-0.1, -0.05) is 30.3 Å². The van der Waals surface area contributed by atoms with E-state index in [1.165, 1.54) is 31.2 Å². The van der Waals surface area contributed by atoms with Crippen molar-refractivity contribution in [2.45, 2.75) is 76.0 Å². The predicted molar refractivity (Wildman–Crippen MR) is 105 cm³/mol. The van der Waals surface area contributed by atoms with Crippen LogP contribution < -0.4 is 10.6 Å². The summed E-state index contributed by atoms with van der Waals surface area (Å²) in [6, 6.07) is 12.9. The van der Waals surface area contributed by atoms with E-state index < -0.39 is 0 Å². The van der Waals surface area contributed by atoms with E-state index in [1.54, 1.807) is 0 Å². The minimum Gasteiger partial charge on any atom is -0.353 e. The molecule has 2 bridgehead atoms. The molecule has 3 fully saturated rings. The summed E-state index contributed by atoms with van der Waals surface area (Å²) < 4.78 is 0. The Kier molecular flexibility index (Phi) is 5.60. The molecule has 3 saturated heterocycles. The van der Waals surface area contributed by atoms with Gasteiger partial charge in [-0.05, 0) is 56.9 Å². The molecular weight excluding hydrogens is 322 g/mol. The molecule has 4 rings (SSSR count). The summed E-state index contributed by atoms with van der Waals surface area (Å²) in [5, 5.41) is 7.00. The monoisotopic (exact) mass is 355 g/mol. The van der Waals surface area contributed by atoms with Crippen molar-refractivity contribution in [1.82, 2.24) is 15.5 Å². The molecule has 4 nitrogen and oxygen atoms in total. The minimum absolute atomic E-state index is 0.283. The zero-order valence-electron chi connectivity index (χ0n) is 16.0. The van der Waals surface area contributed by atoms with Crippen LogP contribution in [-0.4, -0.2) is 42.0 Å². The molecular formula is C22H33N3O. The summed E-state index contributed by atoms with van der Waals surface area (Å²) in [6.07, 6.45) is 7.87. The van der Waals surface area contributed by atoms with E-state index >= 15 is 0 Å². The van der Waals surface area contributed by atoms with Gasteiger partial charge in [-0.25, -0.2) is 0 Å². The molecule has 1 aromatic carbocycles. The first-order valence-electron chi connectivity index (χ1n) is 10.5. The van der Waals surface area contributed by atoms with Crippen LogP contribution in [0.2, 0.25) is 0 Å². The van der Waals surface area contributed by atoms with Gasteiger partial charge in [0.1, 0.15) is 0 Å². The number of amides is 1. The minimum atomic E-state index is 0.283. The van der Waals surface area contributed by atoms with Crippen LogP contribution in [0.15, 0.2) is 30.3 Å². The van der Waals surface area contributed by atoms with E-state index in [9.17, 15) is 4.79 Å². The van der Waals surface area contributed by atoms with Gasteiger partial charge in [-0.15, -0.1) is 0 Å². The molecule has 3 unspecified atom stereocenters. The lowest BCUT2D eigenvalue weighted by Crippen LogP contribution is -2.46. The van der Waals surface area contributed by atoms with Gasteiger partial charge < -0.3 is 10.6 Å². The predicted octanol–water partition coefficient (Wildman–Crippen LogP) is 3.25. The standard InChI is InChI=1S/C22H33N3O/c1-16(18-5-3-2-4-6-18)25-11-9-19(10-12-25)24-22(26)15-17-13-20-7-8-21(14-17)23-20/h2-6,16-17,19-21,23H,7-15H2,1H3,(H,24,26). The van der Waals surface area contributed by atoms with Gasteiger partial charge in [0.2, 0.25) is 5.91 Å². The first-order chi connectivity index (χ1) is 12.7. The van der Waals surface area contributed by atoms with Gasteiger partial charge in [0.05, 0.1) is 0 Å². The Morgan fingerprint density at radius 1 is 1.12 bits per heavy atom. The molecule has 0 saturated carbocycles. The van der Waals surface area contributed by atoms with E-state index in [4.69, 9.17) is 0 Å². The molecule has 1 aromatic rings. The molecule has 0 spiro atoms. The first kappa shape index (κ1) is 18.0. The zero-order chi connectivity index (χ0) is 17.9. The van der Waals surface area contributed by atoms with Crippen LogP contribution in [0.3, 0.4) is 0 Å². The summed E-state index contributed by atoms with van der Waals surface area (Å²) >= 11 is 0. The zero-order valence-corrected chi connectivity index (χ0v) is 16.0. The van der Waals surface area contributed by atoms with E-state index in [2.05, 4.69) is 52.8 Å². The van der Waals surface area contributed by atoms with E-state index in [-0.39, 0.29) is 5.91 Å². The highest BCUT2D eigenvalue weighted by molar-refractivity contribution is 5.76. The van der Waals surface area contributed by atoms with Crippen LogP contribution in [0.4, 0.5) is 0 Å². The van der Waals surface area contributed by atoms with Crippen molar-refractivity contribution in [2.75, 3.05) is 13.1 Å². The Hall–Kier alpha value is -1.39. The Morgan fingerprint density at radius 2 is 1.77 bits per heavy atom. The third kappa shape index (κ3) is 4.29. The van der Waals surface area contributed by atoms with Crippen molar-refractivity contribution in [3.63, 3.8) is 0 Å². The number of piperidine rings is 2. The van der Waals surface area contributed by atoms with Gasteiger partial charge >= 0.3 is 0 Å². The Morgan fingerprint density at radius 3 is 2.42 bits per heavy atom. The lowest BCUT2D eigenvalue weighted by Gasteiger charge is -2.37. The third-order valence-corrected chi connectivity index (χ3v) is 6.77. The fourth-order valence-corrected chi connectivity index (χ4v) is 5.26. The number of likely N-dealkylation sites (tertiary alicyclic amines) is 1. The second-order valence-corrected chi connectivity index (χ2v) is 8.64. The number of benzene rings is 1. The molecule has 2 N–H and O–H groups in total. The molecule has 0 aliphatic carbocycles. The molecule has 0 radical (unpaired) electrons. The molecule has 3 atom stereocenters. The lowest BCUT2D eigenvalue weighted by molar-refractivity contribution is -0.123. The number of carbonyl (C=O) groups is 1. The molecule has 3 aliphatic heterocycles. The summed E-state index contributed by atoms with van der Waals surface area (Å²) in [4.78, 5) is 15.0. The van der Waals surface area contributed by atoms with Crippen LogP contribution in [0, 0.1) is 5.92 Å². The van der Waals surface area contributed by atoms with Crippen molar-refractivity contribution in [3.05, 3.63) is 35.9 Å². The van der Waals surface area contributed by atoms with E-state index in [0.717, 1.165) is 32.4 Å². The van der Waals surface area contributed by atoms with Crippen molar-refractivity contribution in [1.29, 1.82) is 0 Å². The largest absolute Gasteiger partial charge is 0.353 e. The lowest BCUT2D eigenvalue weighted by atomic mass is 9.89. The van der Waals surface area contributed by atoms with Gasteiger partial charge in [0.15, 0.2) is 0 Å². The molecule has 3 aliphatic rings. The molecule has 1 amide bonds. The summed E-state index contributed by atoms with van der Waals surface area (Å²) in [5.41, 5.74) is 1.38. The van der Waals surface area contributed by atoms with E-state index in [0.29, 0.717) is 30.1 Å². The van der Waals surface area contributed by atoms with Gasteiger partial charge in [-0.2, -0.15) is 0 Å².